The summed E-state index contributed by atoms with van der Waals surface area (Å²) in [6.07, 6.45) is 5.71. The van der Waals surface area contributed by atoms with E-state index in [2.05, 4.69) is 15.3 Å². The van der Waals surface area contributed by atoms with Gasteiger partial charge in [-0.2, -0.15) is 0 Å². The van der Waals surface area contributed by atoms with Crippen LogP contribution in [0.2, 0.25) is 0 Å². The largest absolute Gasteiger partial charge is 0.367 e. The monoisotopic (exact) mass is 215 g/mol. The Labute approximate surface area is 93.7 Å². The normalized spacial score (nSPS) is 10.0. The zero-order valence-electron chi connectivity index (χ0n) is 8.81. The van der Waals surface area contributed by atoms with Gasteiger partial charge in [-0.1, -0.05) is 6.07 Å². The van der Waals surface area contributed by atoms with Crippen molar-refractivity contribution in [3.05, 3.63) is 54.1 Å². The summed E-state index contributed by atoms with van der Waals surface area (Å²) < 4.78 is 0. The smallest absolute Gasteiger partial charge is 0.226 e. The number of nitrogens with zero attached hydrogens (tertiary/aromatic N) is 1. The van der Waals surface area contributed by atoms with Crippen LogP contribution in [0, 0.1) is 0 Å². The first-order valence-electron chi connectivity index (χ1n) is 5.13. The molecule has 2 aromatic rings. The number of hydrogen-bond donors (Lipinski definition) is 2. The fourth-order valence-corrected chi connectivity index (χ4v) is 1.40. The standard InChI is InChI=1S/C12H13N3O/c16-12(7-11-3-1-2-5-14-11)15-9-10-4-6-13-8-10/h1-6,8,13H,7,9H2,(H,15,16). The minimum atomic E-state index is -0.0140. The molecule has 82 valence electrons. The molecule has 0 aliphatic rings. The Kier molecular flexibility index (Phi) is 3.33. The number of aromatic amines is 1. The van der Waals surface area contributed by atoms with E-state index in [1.54, 1.807) is 6.20 Å². The first kappa shape index (κ1) is 10.4. The van der Waals surface area contributed by atoms with Crippen LogP contribution < -0.4 is 5.32 Å². The quantitative estimate of drug-likeness (QED) is 0.806. The lowest BCUT2D eigenvalue weighted by Gasteiger charge is -2.02. The second-order valence-corrected chi connectivity index (χ2v) is 3.49. The van der Waals surface area contributed by atoms with Gasteiger partial charge in [0.25, 0.3) is 0 Å². The molecule has 0 aliphatic carbocycles. The molecule has 16 heavy (non-hydrogen) atoms. The number of amides is 1. The lowest BCUT2D eigenvalue weighted by atomic mass is 10.2. The Morgan fingerprint density at radius 1 is 1.38 bits per heavy atom. The molecule has 0 aromatic carbocycles. The highest BCUT2D eigenvalue weighted by molar-refractivity contribution is 5.78. The van der Waals surface area contributed by atoms with Gasteiger partial charge in [-0.05, 0) is 23.8 Å². The molecule has 1 amide bonds. The van der Waals surface area contributed by atoms with Gasteiger partial charge in [-0.25, -0.2) is 0 Å². The second kappa shape index (κ2) is 5.11. The fourth-order valence-electron chi connectivity index (χ4n) is 1.40. The van der Waals surface area contributed by atoms with E-state index in [0.717, 1.165) is 11.3 Å². The van der Waals surface area contributed by atoms with E-state index in [4.69, 9.17) is 0 Å². The highest BCUT2D eigenvalue weighted by Crippen LogP contribution is 1.97. The molecule has 0 saturated heterocycles. The summed E-state index contributed by atoms with van der Waals surface area (Å²) >= 11 is 0. The van der Waals surface area contributed by atoms with Crippen LogP contribution in [0.15, 0.2) is 42.9 Å². The van der Waals surface area contributed by atoms with Crippen LogP contribution in [0.4, 0.5) is 0 Å². The summed E-state index contributed by atoms with van der Waals surface area (Å²) in [5.41, 5.74) is 1.85. The minimum absolute atomic E-state index is 0.0140. The lowest BCUT2D eigenvalue weighted by molar-refractivity contribution is -0.120. The lowest BCUT2D eigenvalue weighted by Crippen LogP contribution is -2.24. The summed E-state index contributed by atoms with van der Waals surface area (Å²) in [5.74, 6) is -0.0140. The number of rotatable bonds is 4. The molecule has 2 rings (SSSR count). The number of H-pyrrole nitrogens is 1. The first-order chi connectivity index (χ1) is 7.84. The Bertz CT molecular complexity index is 437. The second-order valence-electron chi connectivity index (χ2n) is 3.49. The van der Waals surface area contributed by atoms with Crippen LogP contribution >= 0.6 is 0 Å². The molecule has 4 nitrogen and oxygen atoms in total. The molecule has 4 heteroatoms. The van der Waals surface area contributed by atoms with Gasteiger partial charge in [0.2, 0.25) is 5.91 Å². The molecule has 0 bridgehead atoms. The first-order valence-corrected chi connectivity index (χ1v) is 5.13. The number of pyridine rings is 1. The van der Waals surface area contributed by atoms with Gasteiger partial charge in [0.1, 0.15) is 0 Å². The maximum absolute atomic E-state index is 11.5. The van der Waals surface area contributed by atoms with E-state index in [9.17, 15) is 4.79 Å². The van der Waals surface area contributed by atoms with Crippen LogP contribution in [0.25, 0.3) is 0 Å². The average Bonchev–Trinajstić information content (AvgIpc) is 2.81. The Morgan fingerprint density at radius 2 is 2.31 bits per heavy atom. The molecule has 0 saturated carbocycles. The number of carbonyl (C=O) groups is 1. The number of hydrogen-bond acceptors (Lipinski definition) is 2. The zero-order valence-corrected chi connectivity index (χ0v) is 8.81. The van der Waals surface area contributed by atoms with E-state index in [1.165, 1.54) is 0 Å². The molecule has 0 fully saturated rings. The van der Waals surface area contributed by atoms with Gasteiger partial charge in [0.05, 0.1) is 6.42 Å². The van der Waals surface area contributed by atoms with Gasteiger partial charge >= 0.3 is 0 Å². The van der Waals surface area contributed by atoms with Crippen molar-refractivity contribution in [3.63, 3.8) is 0 Å². The summed E-state index contributed by atoms with van der Waals surface area (Å²) in [6, 6.07) is 7.49. The third kappa shape index (κ3) is 2.95. The predicted molar refractivity (Wildman–Crippen MR) is 60.6 cm³/mol. The molecule has 0 atom stereocenters. The molecule has 0 spiro atoms. The van der Waals surface area contributed by atoms with E-state index >= 15 is 0 Å². The minimum Gasteiger partial charge on any atom is -0.367 e. The molecule has 0 aliphatic heterocycles. The Morgan fingerprint density at radius 3 is 3.00 bits per heavy atom. The van der Waals surface area contributed by atoms with Crippen LogP contribution in [-0.4, -0.2) is 15.9 Å². The Hall–Kier alpha value is -2.10. The number of aromatic nitrogens is 2. The van der Waals surface area contributed by atoms with Crippen molar-refractivity contribution >= 4 is 5.91 Å². The summed E-state index contributed by atoms with van der Waals surface area (Å²) in [7, 11) is 0. The summed E-state index contributed by atoms with van der Waals surface area (Å²) in [6.45, 7) is 0.551. The highest BCUT2D eigenvalue weighted by Gasteiger charge is 2.03. The van der Waals surface area contributed by atoms with Crippen LogP contribution in [0.5, 0.6) is 0 Å². The summed E-state index contributed by atoms with van der Waals surface area (Å²) in [4.78, 5) is 18.6. The highest BCUT2D eigenvalue weighted by atomic mass is 16.1. The van der Waals surface area contributed by atoms with Crippen molar-refractivity contribution in [3.8, 4) is 0 Å². The number of carbonyl (C=O) groups excluding carboxylic acids is 1. The molecular formula is C12H13N3O. The van der Waals surface area contributed by atoms with Gasteiger partial charge < -0.3 is 10.3 Å². The molecule has 2 aromatic heterocycles. The maximum Gasteiger partial charge on any atom is 0.226 e. The predicted octanol–water partition coefficient (Wildman–Crippen LogP) is 1.27. The molecular weight excluding hydrogens is 202 g/mol. The van der Waals surface area contributed by atoms with Crippen molar-refractivity contribution < 1.29 is 4.79 Å². The SMILES string of the molecule is O=C(Cc1ccccn1)NCc1cc[nH]c1. The Balaban J connectivity index is 1.81. The third-order valence-corrected chi connectivity index (χ3v) is 2.22. The van der Waals surface area contributed by atoms with Crippen LogP contribution in [-0.2, 0) is 17.8 Å². The van der Waals surface area contributed by atoms with Crippen molar-refractivity contribution in [2.24, 2.45) is 0 Å². The fraction of sp³-hybridized carbons (Fsp3) is 0.167. The van der Waals surface area contributed by atoms with E-state index in [-0.39, 0.29) is 5.91 Å². The number of nitrogens with one attached hydrogen (secondary N) is 2. The zero-order chi connectivity index (χ0) is 11.2. The van der Waals surface area contributed by atoms with E-state index in [1.807, 2.05) is 36.7 Å². The van der Waals surface area contributed by atoms with E-state index in [0.29, 0.717) is 13.0 Å². The molecule has 2 heterocycles. The van der Waals surface area contributed by atoms with Crippen molar-refractivity contribution in [1.82, 2.24) is 15.3 Å². The molecule has 2 N–H and O–H groups in total. The van der Waals surface area contributed by atoms with Crippen molar-refractivity contribution in [2.75, 3.05) is 0 Å². The van der Waals surface area contributed by atoms with Crippen LogP contribution in [0.1, 0.15) is 11.3 Å². The average molecular weight is 215 g/mol. The van der Waals surface area contributed by atoms with Crippen molar-refractivity contribution in [1.29, 1.82) is 0 Å². The van der Waals surface area contributed by atoms with E-state index < -0.39 is 0 Å². The van der Waals surface area contributed by atoms with Crippen molar-refractivity contribution in [2.45, 2.75) is 13.0 Å². The van der Waals surface area contributed by atoms with Gasteiger partial charge in [0.15, 0.2) is 0 Å². The third-order valence-electron chi connectivity index (χ3n) is 2.22. The van der Waals surface area contributed by atoms with Gasteiger partial charge in [-0.3, -0.25) is 9.78 Å². The van der Waals surface area contributed by atoms with Gasteiger partial charge in [-0.15, -0.1) is 0 Å². The topological polar surface area (TPSA) is 57.8 Å². The maximum atomic E-state index is 11.5. The molecule has 0 unspecified atom stereocenters. The van der Waals surface area contributed by atoms with Crippen LogP contribution in [0.3, 0.4) is 0 Å². The summed E-state index contributed by atoms with van der Waals surface area (Å²) in [5, 5.41) is 2.83. The van der Waals surface area contributed by atoms with Gasteiger partial charge in [0, 0.05) is 30.8 Å². The molecule has 0 radical (unpaired) electrons.